The van der Waals surface area contributed by atoms with Gasteiger partial charge in [0.2, 0.25) is 5.95 Å². The molecule has 0 aliphatic rings. The Kier molecular flexibility index (Phi) is 7.09. The van der Waals surface area contributed by atoms with Crippen molar-refractivity contribution in [1.29, 1.82) is 0 Å². The smallest absolute Gasteiger partial charge is 0.238 e. The summed E-state index contributed by atoms with van der Waals surface area (Å²) in [7, 11) is 0. The fourth-order valence-electron chi connectivity index (χ4n) is 8.65. The molecule has 0 bridgehead atoms. The van der Waals surface area contributed by atoms with E-state index in [0.717, 1.165) is 38.6 Å². The highest BCUT2D eigenvalue weighted by Crippen LogP contribution is 2.42. The standard InChI is InChI=1S/C51H31N7/c1-2-12-32(13-3-1)34-15-10-16-38(29-34)57-45-21-11-14-33-22-23-36-28-37(31-46(57)48(36)47(33)45)35-24-25-44-40(30-35)39-17-4-5-20-43(39)58(44)51-55-49(41-18-6-8-26-52-41)54-50(56-51)42-19-7-9-27-53-42/h1-31H. The first-order valence-corrected chi connectivity index (χ1v) is 19.3. The largest absolute Gasteiger partial charge is 0.309 e. The van der Waals surface area contributed by atoms with E-state index in [2.05, 4.69) is 159 Å². The number of hydrogen-bond acceptors (Lipinski definition) is 5. The van der Waals surface area contributed by atoms with E-state index < -0.39 is 0 Å². The molecule has 7 nitrogen and oxygen atoms in total. The Balaban J connectivity index is 1.07. The van der Waals surface area contributed by atoms with Crippen LogP contribution in [0.2, 0.25) is 0 Å². The summed E-state index contributed by atoms with van der Waals surface area (Å²) in [5, 5.41) is 7.24. The maximum Gasteiger partial charge on any atom is 0.238 e. The van der Waals surface area contributed by atoms with Gasteiger partial charge in [-0.05, 0) is 106 Å². The van der Waals surface area contributed by atoms with Gasteiger partial charge in [0.1, 0.15) is 11.4 Å². The zero-order chi connectivity index (χ0) is 38.2. The number of fused-ring (bicyclic) bond motifs is 3. The first kappa shape index (κ1) is 32.2. The van der Waals surface area contributed by atoms with E-state index in [4.69, 9.17) is 15.0 Å². The number of rotatable bonds is 6. The minimum absolute atomic E-state index is 0.483. The van der Waals surface area contributed by atoms with Crippen LogP contribution in [0.5, 0.6) is 0 Å². The zero-order valence-electron chi connectivity index (χ0n) is 31.0. The lowest BCUT2D eigenvalue weighted by molar-refractivity contribution is 0.943. The quantitative estimate of drug-likeness (QED) is 0.159. The van der Waals surface area contributed by atoms with Gasteiger partial charge in [-0.1, -0.05) is 103 Å². The Morgan fingerprint density at radius 1 is 0.345 bits per heavy atom. The van der Waals surface area contributed by atoms with E-state index >= 15 is 0 Å². The van der Waals surface area contributed by atoms with Gasteiger partial charge in [-0.15, -0.1) is 0 Å². The summed E-state index contributed by atoms with van der Waals surface area (Å²) < 4.78 is 4.56. The summed E-state index contributed by atoms with van der Waals surface area (Å²) in [5.74, 6) is 1.47. The highest BCUT2D eigenvalue weighted by Gasteiger charge is 2.21. The van der Waals surface area contributed by atoms with Gasteiger partial charge in [-0.25, -0.2) is 4.98 Å². The highest BCUT2D eigenvalue weighted by atomic mass is 15.2. The van der Waals surface area contributed by atoms with Crippen LogP contribution >= 0.6 is 0 Å². The maximum atomic E-state index is 5.04. The van der Waals surface area contributed by atoms with E-state index in [1.165, 1.54) is 43.7 Å². The van der Waals surface area contributed by atoms with Crippen LogP contribution in [0.1, 0.15) is 0 Å². The molecule has 0 saturated carbocycles. The molecule has 12 rings (SSSR count). The van der Waals surface area contributed by atoms with Gasteiger partial charge < -0.3 is 4.57 Å². The van der Waals surface area contributed by atoms with E-state index in [1.807, 2.05) is 36.4 Å². The van der Waals surface area contributed by atoms with Gasteiger partial charge in [-0.3, -0.25) is 14.5 Å². The molecule has 0 saturated heterocycles. The van der Waals surface area contributed by atoms with E-state index in [-0.39, 0.29) is 0 Å². The summed E-state index contributed by atoms with van der Waals surface area (Å²) in [6, 6.07) is 62.0. The molecule has 0 atom stereocenters. The Hall–Kier alpha value is -8.03. The predicted molar refractivity (Wildman–Crippen MR) is 235 cm³/mol. The molecule has 0 amide bonds. The summed E-state index contributed by atoms with van der Waals surface area (Å²) in [4.78, 5) is 24.1. The van der Waals surface area contributed by atoms with E-state index in [0.29, 0.717) is 29.0 Å². The Morgan fingerprint density at radius 2 is 1.00 bits per heavy atom. The SMILES string of the molecule is c1ccc(-c2cccc(-n3c4cccc5ccc6cc(-c7ccc8c(c7)c7ccccc7n8-c7nc(-c8ccccn8)nc(-c8ccccn8)n7)cc3c6c54)c2)cc1. The predicted octanol–water partition coefficient (Wildman–Crippen LogP) is 12.1. The van der Waals surface area contributed by atoms with Crippen molar-refractivity contribution in [1.82, 2.24) is 34.1 Å². The third-order valence-corrected chi connectivity index (χ3v) is 11.2. The Bertz CT molecular complexity index is 3440. The topological polar surface area (TPSA) is 74.3 Å². The fraction of sp³-hybridized carbons (Fsp3) is 0. The van der Waals surface area contributed by atoms with Crippen LogP contribution < -0.4 is 0 Å². The summed E-state index contributed by atoms with van der Waals surface area (Å²) in [6.45, 7) is 0. The number of nitrogens with zero attached hydrogens (tertiary/aromatic N) is 7. The fourth-order valence-corrected chi connectivity index (χ4v) is 8.65. The molecule has 7 heteroatoms. The number of pyridine rings is 2. The molecule has 0 aliphatic heterocycles. The molecule has 0 radical (unpaired) electrons. The van der Waals surface area contributed by atoms with Gasteiger partial charge in [0.05, 0.1) is 22.1 Å². The van der Waals surface area contributed by atoms with Gasteiger partial charge in [0.25, 0.3) is 0 Å². The molecule has 0 unspecified atom stereocenters. The zero-order valence-corrected chi connectivity index (χ0v) is 31.0. The van der Waals surface area contributed by atoms with Gasteiger partial charge in [0.15, 0.2) is 11.6 Å². The molecule has 0 aliphatic carbocycles. The second-order valence-corrected chi connectivity index (χ2v) is 14.6. The van der Waals surface area contributed by atoms with Crippen molar-refractivity contribution in [3.63, 3.8) is 0 Å². The molecular weight excluding hydrogens is 711 g/mol. The normalized spacial score (nSPS) is 11.8. The molecule has 5 heterocycles. The van der Waals surface area contributed by atoms with Crippen LogP contribution in [0.15, 0.2) is 188 Å². The molecule has 0 spiro atoms. The van der Waals surface area contributed by atoms with Gasteiger partial charge in [0, 0.05) is 39.6 Å². The summed E-state index contributed by atoms with van der Waals surface area (Å²) in [5.41, 5.74) is 11.5. The first-order chi connectivity index (χ1) is 28.7. The van der Waals surface area contributed by atoms with Crippen LogP contribution in [-0.2, 0) is 0 Å². The van der Waals surface area contributed by atoms with Crippen molar-refractivity contribution in [3.05, 3.63) is 188 Å². The molecule has 5 aromatic heterocycles. The third-order valence-electron chi connectivity index (χ3n) is 11.2. The molecule has 12 aromatic rings. The highest BCUT2D eigenvalue weighted by molar-refractivity contribution is 6.25. The van der Waals surface area contributed by atoms with Crippen molar-refractivity contribution in [2.45, 2.75) is 0 Å². The Labute approximate surface area is 332 Å². The number of hydrogen-bond donors (Lipinski definition) is 0. The minimum atomic E-state index is 0.483. The van der Waals surface area contributed by atoms with Crippen molar-refractivity contribution in [3.8, 4) is 56.9 Å². The first-order valence-electron chi connectivity index (χ1n) is 19.3. The number of benzene rings is 7. The molecule has 0 N–H and O–H groups in total. The van der Waals surface area contributed by atoms with Gasteiger partial charge in [-0.2, -0.15) is 9.97 Å². The van der Waals surface area contributed by atoms with Crippen molar-refractivity contribution < 1.29 is 0 Å². The van der Waals surface area contributed by atoms with Crippen LogP contribution in [0, 0.1) is 0 Å². The molecule has 7 aromatic carbocycles. The number of aromatic nitrogens is 7. The molecule has 58 heavy (non-hydrogen) atoms. The van der Waals surface area contributed by atoms with Crippen molar-refractivity contribution in [2.75, 3.05) is 0 Å². The number of para-hydroxylation sites is 1. The maximum absolute atomic E-state index is 5.04. The van der Waals surface area contributed by atoms with E-state index in [1.54, 1.807) is 12.4 Å². The average Bonchev–Trinajstić information content (AvgIpc) is 3.82. The van der Waals surface area contributed by atoms with Crippen molar-refractivity contribution in [2.24, 2.45) is 0 Å². The van der Waals surface area contributed by atoms with Gasteiger partial charge >= 0.3 is 0 Å². The van der Waals surface area contributed by atoms with Crippen LogP contribution in [0.25, 0.3) is 111 Å². The Morgan fingerprint density at radius 3 is 1.79 bits per heavy atom. The molecule has 270 valence electrons. The molecule has 0 fully saturated rings. The van der Waals surface area contributed by atoms with E-state index in [9.17, 15) is 0 Å². The van der Waals surface area contributed by atoms with Crippen molar-refractivity contribution >= 4 is 54.4 Å². The van der Waals surface area contributed by atoms with Crippen LogP contribution in [-0.4, -0.2) is 34.1 Å². The second-order valence-electron chi connectivity index (χ2n) is 14.6. The monoisotopic (exact) mass is 741 g/mol. The van der Waals surface area contributed by atoms with Crippen LogP contribution in [0.3, 0.4) is 0 Å². The summed E-state index contributed by atoms with van der Waals surface area (Å²) in [6.07, 6.45) is 3.51. The lowest BCUT2D eigenvalue weighted by Crippen LogP contribution is -2.07. The van der Waals surface area contributed by atoms with Crippen LogP contribution in [0.4, 0.5) is 0 Å². The molecular formula is C51H31N7. The lowest BCUT2D eigenvalue weighted by atomic mass is 9.96. The summed E-state index contributed by atoms with van der Waals surface area (Å²) >= 11 is 0. The lowest BCUT2D eigenvalue weighted by Gasteiger charge is -2.12. The second kappa shape index (κ2) is 12.8. The third kappa shape index (κ3) is 5.04. The minimum Gasteiger partial charge on any atom is -0.309 e. The average molecular weight is 742 g/mol.